The van der Waals surface area contributed by atoms with E-state index in [1.54, 1.807) is 0 Å². The van der Waals surface area contributed by atoms with Crippen LogP contribution in [0.25, 0.3) is 0 Å². The van der Waals surface area contributed by atoms with Crippen LogP contribution >= 0.6 is 0 Å². The van der Waals surface area contributed by atoms with E-state index in [0.29, 0.717) is 23.9 Å². The second kappa shape index (κ2) is 6.68. The van der Waals surface area contributed by atoms with Gasteiger partial charge in [0, 0.05) is 25.0 Å². The number of carbonyl (C=O) groups is 1. The van der Waals surface area contributed by atoms with Crippen molar-refractivity contribution in [2.45, 2.75) is 83.2 Å². The summed E-state index contributed by atoms with van der Waals surface area (Å²) < 4.78 is 0. The van der Waals surface area contributed by atoms with Crippen LogP contribution < -0.4 is 5.73 Å². The van der Waals surface area contributed by atoms with Gasteiger partial charge >= 0.3 is 0 Å². The number of amides is 1. The maximum atomic E-state index is 12.8. The quantitative estimate of drug-likeness (QED) is 0.845. The first-order valence-electron chi connectivity index (χ1n) is 9.22. The molecule has 3 nitrogen and oxygen atoms in total. The molecule has 21 heavy (non-hydrogen) atoms. The normalized spacial score (nSPS) is 38.7. The van der Waals surface area contributed by atoms with Gasteiger partial charge in [0.2, 0.25) is 5.91 Å². The molecular formula is C18H32N2O. The second-order valence-electron chi connectivity index (χ2n) is 7.79. The summed E-state index contributed by atoms with van der Waals surface area (Å²) in [6.07, 6.45) is 11.8. The Kier molecular flexibility index (Phi) is 4.88. The van der Waals surface area contributed by atoms with E-state index in [1.165, 1.54) is 25.7 Å². The molecule has 0 aromatic rings. The Hall–Kier alpha value is -0.570. The molecule has 3 aliphatic rings. The molecule has 1 amide bonds. The monoisotopic (exact) mass is 292 g/mol. The van der Waals surface area contributed by atoms with Crippen molar-refractivity contribution in [3.05, 3.63) is 0 Å². The van der Waals surface area contributed by atoms with E-state index >= 15 is 0 Å². The minimum Gasteiger partial charge on any atom is -0.340 e. The van der Waals surface area contributed by atoms with Crippen molar-refractivity contribution in [1.82, 2.24) is 4.90 Å². The Labute approximate surface area is 129 Å². The Morgan fingerprint density at radius 3 is 2.43 bits per heavy atom. The summed E-state index contributed by atoms with van der Waals surface area (Å²) in [4.78, 5) is 15.1. The third-order valence-corrected chi connectivity index (χ3v) is 6.29. The molecule has 0 aromatic heterocycles. The lowest BCUT2D eigenvalue weighted by atomic mass is 9.85. The van der Waals surface area contributed by atoms with Gasteiger partial charge in [-0.2, -0.15) is 0 Å². The van der Waals surface area contributed by atoms with Crippen LogP contribution in [-0.2, 0) is 4.79 Å². The molecule has 3 atom stereocenters. The lowest BCUT2D eigenvalue weighted by molar-refractivity contribution is -0.135. The highest BCUT2D eigenvalue weighted by Gasteiger charge is 2.41. The van der Waals surface area contributed by atoms with E-state index in [9.17, 15) is 4.79 Å². The number of rotatable bonds is 5. The van der Waals surface area contributed by atoms with Crippen LogP contribution in [0.5, 0.6) is 0 Å². The first-order valence-corrected chi connectivity index (χ1v) is 9.22. The van der Waals surface area contributed by atoms with E-state index in [2.05, 4.69) is 11.8 Å². The molecule has 120 valence electrons. The molecule has 0 spiro atoms. The lowest BCUT2D eigenvalue weighted by Crippen LogP contribution is -2.45. The zero-order chi connectivity index (χ0) is 14.8. The van der Waals surface area contributed by atoms with Crippen LogP contribution in [0.1, 0.15) is 71.1 Å². The number of hydrogen-bond acceptors (Lipinski definition) is 2. The van der Waals surface area contributed by atoms with E-state index in [1.807, 2.05) is 0 Å². The summed E-state index contributed by atoms with van der Waals surface area (Å²) in [5.41, 5.74) is 6.02. The highest BCUT2D eigenvalue weighted by atomic mass is 16.2. The van der Waals surface area contributed by atoms with E-state index in [0.717, 1.165) is 56.9 Å². The molecule has 3 aliphatic carbocycles. The van der Waals surface area contributed by atoms with Gasteiger partial charge in [0.25, 0.3) is 0 Å². The van der Waals surface area contributed by atoms with E-state index in [4.69, 9.17) is 5.73 Å². The van der Waals surface area contributed by atoms with E-state index < -0.39 is 0 Å². The number of nitrogens with zero attached hydrogens (tertiary/aromatic N) is 1. The van der Waals surface area contributed by atoms with Gasteiger partial charge < -0.3 is 10.6 Å². The second-order valence-corrected chi connectivity index (χ2v) is 7.79. The van der Waals surface area contributed by atoms with Crippen molar-refractivity contribution in [2.75, 3.05) is 6.54 Å². The van der Waals surface area contributed by atoms with Crippen LogP contribution in [0.4, 0.5) is 0 Å². The van der Waals surface area contributed by atoms with Crippen LogP contribution in [0.2, 0.25) is 0 Å². The molecule has 0 aliphatic heterocycles. The summed E-state index contributed by atoms with van der Waals surface area (Å²) >= 11 is 0. The fourth-order valence-corrected chi connectivity index (χ4v) is 5.13. The van der Waals surface area contributed by atoms with Crippen LogP contribution in [0, 0.1) is 17.8 Å². The SMILES string of the molecule is CCCN(C(=O)CC1CC2CCC1C2)C1CCC(N)CC1. The average molecular weight is 292 g/mol. The molecule has 2 bridgehead atoms. The van der Waals surface area contributed by atoms with Crippen molar-refractivity contribution in [1.29, 1.82) is 0 Å². The summed E-state index contributed by atoms with van der Waals surface area (Å²) in [7, 11) is 0. The molecular weight excluding hydrogens is 260 g/mol. The van der Waals surface area contributed by atoms with Gasteiger partial charge in [-0.05, 0) is 69.1 Å². The Bertz CT molecular complexity index is 362. The minimum absolute atomic E-state index is 0.366. The summed E-state index contributed by atoms with van der Waals surface area (Å²) in [5, 5.41) is 0. The fraction of sp³-hybridized carbons (Fsp3) is 0.944. The third kappa shape index (κ3) is 3.44. The van der Waals surface area contributed by atoms with Crippen molar-refractivity contribution >= 4 is 5.91 Å². The molecule has 2 N–H and O–H groups in total. The van der Waals surface area contributed by atoms with Gasteiger partial charge in [0.05, 0.1) is 0 Å². The molecule has 3 rings (SSSR count). The topological polar surface area (TPSA) is 46.3 Å². The number of carbonyl (C=O) groups excluding carboxylic acids is 1. The van der Waals surface area contributed by atoms with Gasteiger partial charge in [0.15, 0.2) is 0 Å². The molecule has 0 aromatic carbocycles. The molecule has 3 heteroatoms. The van der Waals surface area contributed by atoms with Gasteiger partial charge in [0.1, 0.15) is 0 Å². The van der Waals surface area contributed by atoms with Gasteiger partial charge in [-0.15, -0.1) is 0 Å². The maximum absolute atomic E-state index is 12.8. The van der Waals surface area contributed by atoms with Crippen LogP contribution in [0.3, 0.4) is 0 Å². The number of nitrogens with two attached hydrogens (primary N) is 1. The van der Waals surface area contributed by atoms with Gasteiger partial charge in [-0.3, -0.25) is 4.79 Å². The molecule has 3 saturated carbocycles. The highest BCUT2D eigenvalue weighted by Crippen LogP contribution is 2.49. The van der Waals surface area contributed by atoms with Crippen molar-refractivity contribution in [3.63, 3.8) is 0 Å². The standard InChI is InChI=1S/C18H32N2O/c1-2-9-20(17-7-5-16(19)6-8-17)18(21)12-15-11-13-3-4-14(15)10-13/h13-17H,2-12,19H2,1H3. The van der Waals surface area contributed by atoms with Crippen molar-refractivity contribution in [3.8, 4) is 0 Å². The Morgan fingerprint density at radius 1 is 1.10 bits per heavy atom. The van der Waals surface area contributed by atoms with Gasteiger partial charge in [-0.25, -0.2) is 0 Å². The zero-order valence-corrected chi connectivity index (χ0v) is 13.6. The maximum Gasteiger partial charge on any atom is 0.223 e. The lowest BCUT2D eigenvalue weighted by Gasteiger charge is -2.37. The van der Waals surface area contributed by atoms with Crippen LogP contribution in [-0.4, -0.2) is 29.4 Å². The first-order chi connectivity index (χ1) is 10.2. The Morgan fingerprint density at radius 2 is 1.86 bits per heavy atom. The predicted molar refractivity (Wildman–Crippen MR) is 85.8 cm³/mol. The van der Waals surface area contributed by atoms with Crippen molar-refractivity contribution in [2.24, 2.45) is 23.5 Å². The Balaban J connectivity index is 1.56. The van der Waals surface area contributed by atoms with Gasteiger partial charge in [-0.1, -0.05) is 13.3 Å². The molecule has 0 saturated heterocycles. The highest BCUT2D eigenvalue weighted by molar-refractivity contribution is 5.77. The minimum atomic E-state index is 0.366. The third-order valence-electron chi connectivity index (χ3n) is 6.29. The largest absolute Gasteiger partial charge is 0.340 e. The molecule has 3 unspecified atom stereocenters. The summed E-state index contributed by atoms with van der Waals surface area (Å²) in [6, 6.07) is 0.834. The zero-order valence-electron chi connectivity index (χ0n) is 13.6. The number of hydrogen-bond donors (Lipinski definition) is 1. The summed E-state index contributed by atoms with van der Waals surface area (Å²) in [6.45, 7) is 3.13. The molecule has 0 radical (unpaired) electrons. The van der Waals surface area contributed by atoms with Crippen LogP contribution in [0.15, 0.2) is 0 Å². The molecule has 0 heterocycles. The molecule has 3 fully saturated rings. The number of fused-ring (bicyclic) bond motifs is 2. The smallest absolute Gasteiger partial charge is 0.223 e. The predicted octanol–water partition coefficient (Wildman–Crippen LogP) is 3.32. The fourth-order valence-electron chi connectivity index (χ4n) is 5.13. The van der Waals surface area contributed by atoms with Crippen molar-refractivity contribution < 1.29 is 4.79 Å². The summed E-state index contributed by atoms with van der Waals surface area (Å²) in [5.74, 6) is 2.94. The van der Waals surface area contributed by atoms with E-state index in [-0.39, 0.29) is 0 Å². The average Bonchev–Trinajstić information content (AvgIpc) is 3.08. The first kappa shape index (κ1) is 15.3.